The molecule has 2 aromatic rings. The summed E-state index contributed by atoms with van der Waals surface area (Å²) in [5.41, 5.74) is 9.54. The summed E-state index contributed by atoms with van der Waals surface area (Å²) in [6.45, 7) is 0.762. The second kappa shape index (κ2) is 5.82. The van der Waals surface area contributed by atoms with Gasteiger partial charge in [-0.15, -0.1) is 11.8 Å². The Labute approximate surface area is 129 Å². The number of benzene rings is 2. The van der Waals surface area contributed by atoms with Gasteiger partial charge in [0.05, 0.1) is 5.56 Å². The van der Waals surface area contributed by atoms with Crippen LogP contribution in [0.5, 0.6) is 0 Å². The van der Waals surface area contributed by atoms with Gasteiger partial charge in [0.2, 0.25) is 0 Å². The molecule has 0 saturated carbocycles. The number of carbonyl (C=O) groups is 1. The molecule has 0 bridgehead atoms. The van der Waals surface area contributed by atoms with Gasteiger partial charge in [-0.25, -0.2) is 0 Å². The molecule has 0 aliphatic carbocycles. The Morgan fingerprint density at radius 2 is 2.05 bits per heavy atom. The smallest absolute Gasteiger partial charge is 0.259 e. The third kappa shape index (κ3) is 2.63. The third-order valence-electron chi connectivity index (χ3n) is 3.80. The SMILES string of the molecule is CSc1ccccc1C(=O)N1CCCc2cc(N)ccc21. The molecule has 21 heavy (non-hydrogen) atoms. The first kappa shape index (κ1) is 14.0. The van der Waals surface area contributed by atoms with Gasteiger partial charge < -0.3 is 10.6 Å². The van der Waals surface area contributed by atoms with E-state index in [0.717, 1.165) is 46.8 Å². The number of nitrogens with two attached hydrogens (primary N) is 1. The molecular weight excluding hydrogens is 280 g/mol. The van der Waals surface area contributed by atoms with Gasteiger partial charge in [0, 0.05) is 22.8 Å². The van der Waals surface area contributed by atoms with Crippen LogP contribution >= 0.6 is 11.8 Å². The Bertz CT molecular complexity index is 684. The number of amides is 1. The Kier molecular flexibility index (Phi) is 3.88. The van der Waals surface area contributed by atoms with Gasteiger partial charge in [-0.3, -0.25) is 4.79 Å². The van der Waals surface area contributed by atoms with E-state index in [-0.39, 0.29) is 5.91 Å². The minimum atomic E-state index is 0.0747. The molecule has 0 saturated heterocycles. The Hall–Kier alpha value is -1.94. The minimum Gasteiger partial charge on any atom is -0.399 e. The molecule has 0 aromatic heterocycles. The van der Waals surface area contributed by atoms with E-state index in [2.05, 4.69) is 0 Å². The quantitative estimate of drug-likeness (QED) is 0.681. The molecule has 0 fully saturated rings. The van der Waals surface area contributed by atoms with Gasteiger partial charge in [0.1, 0.15) is 0 Å². The van der Waals surface area contributed by atoms with Crippen molar-refractivity contribution in [3.63, 3.8) is 0 Å². The first-order valence-electron chi connectivity index (χ1n) is 7.04. The fraction of sp³-hybridized carbons (Fsp3) is 0.235. The summed E-state index contributed by atoms with van der Waals surface area (Å²) < 4.78 is 0. The van der Waals surface area contributed by atoms with Crippen molar-refractivity contribution in [3.8, 4) is 0 Å². The summed E-state index contributed by atoms with van der Waals surface area (Å²) in [6, 6.07) is 13.6. The molecule has 108 valence electrons. The topological polar surface area (TPSA) is 46.3 Å². The molecule has 1 heterocycles. The van der Waals surface area contributed by atoms with E-state index in [1.807, 2.05) is 53.6 Å². The molecule has 1 aliphatic rings. The van der Waals surface area contributed by atoms with Crippen LogP contribution in [0.25, 0.3) is 0 Å². The maximum atomic E-state index is 12.9. The molecule has 2 N–H and O–H groups in total. The summed E-state index contributed by atoms with van der Waals surface area (Å²) >= 11 is 1.60. The Morgan fingerprint density at radius 1 is 1.24 bits per heavy atom. The monoisotopic (exact) mass is 298 g/mol. The van der Waals surface area contributed by atoms with Crippen LogP contribution in [0.3, 0.4) is 0 Å². The fourth-order valence-electron chi connectivity index (χ4n) is 2.79. The van der Waals surface area contributed by atoms with E-state index in [1.54, 1.807) is 11.8 Å². The average molecular weight is 298 g/mol. The summed E-state index contributed by atoms with van der Waals surface area (Å²) in [5.74, 6) is 0.0747. The predicted molar refractivity (Wildman–Crippen MR) is 89.1 cm³/mol. The number of nitrogen functional groups attached to an aromatic ring is 1. The van der Waals surface area contributed by atoms with E-state index in [1.165, 1.54) is 0 Å². The number of hydrogen-bond donors (Lipinski definition) is 1. The normalized spacial score (nSPS) is 13.9. The lowest BCUT2D eigenvalue weighted by atomic mass is 10.00. The molecule has 0 radical (unpaired) electrons. The van der Waals surface area contributed by atoms with Crippen LogP contribution in [-0.4, -0.2) is 18.7 Å². The van der Waals surface area contributed by atoms with E-state index in [4.69, 9.17) is 5.73 Å². The second-order valence-corrected chi connectivity index (χ2v) is 6.00. The highest BCUT2D eigenvalue weighted by molar-refractivity contribution is 7.98. The Morgan fingerprint density at radius 3 is 2.86 bits per heavy atom. The molecule has 3 nitrogen and oxygen atoms in total. The predicted octanol–water partition coefficient (Wildman–Crippen LogP) is 3.58. The van der Waals surface area contributed by atoms with Crippen LogP contribution in [0.1, 0.15) is 22.3 Å². The number of anilines is 2. The van der Waals surface area contributed by atoms with Gasteiger partial charge in [-0.05, 0) is 55.0 Å². The van der Waals surface area contributed by atoms with E-state index in [9.17, 15) is 4.79 Å². The van der Waals surface area contributed by atoms with Crippen molar-refractivity contribution in [3.05, 3.63) is 53.6 Å². The lowest BCUT2D eigenvalue weighted by Crippen LogP contribution is -2.35. The molecule has 0 unspecified atom stereocenters. The highest BCUT2D eigenvalue weighted by Crippen LogP contribution is 2.31. The number of aryl methyl sites for hydroxylation is 1. The first-order chi connectivity index (χ1) is 10.2. The summed E-state index contributed by atoms with van der Waals surface area (Å²) in [7, 11) is 0. The average Bonchev–Trinajstić information content (AvgIpc) is 2.53. The maximum absolute atomic E-state index is 12.9. The van der Waals surface area contributed by atoms with Crippen LogP contribution in [0.15, 0.2) is 47.4 Å². The third-order valence-corrected chi connectivity index (χ3v) is 4.60. The molecule has 4 heteroatoms. The molecule has 0 spiro atoms. The van der Waals surface area contributed by atoms with Crippen LogP contribution in [0, 0.1) is 0 Å². The van der Waals surface area contributed by atoms with Crippen molar-refractivity contribution in [2.45, 2.75) is 17.7 Å². The van der Waals surface area contributed by atoms with Crippen LogP contribution in [0.4, 0.5) is 11.4 Å². The number of thioether (sulfide) groups is 1. The van der Waals surface area contributed by atoms with Crippen LogP contribution in [-0.2, 0) is 6.42 Å². The van der Waals surface area contributed by atoms with Crippen molar-refractivity contribution >= 4 is 29.0 Å². The zero-order valence-corrected chi connectivity index (χ0v) is 12.8. The van der Waals surface area contributed by atoms with E-state index in [0.29, 0.717) is 0 Å². The van der Waals surface area contributed by atoms with Crippen molar-refractivity contribution in [2.24, 2.45) is 0 Å². The fourth-order valence-corrected chi connectivity index (χ4v) is 3.38. The van der Waals surface area contributed by atoms with Crippen molar-refractivity contribution < 1.29 is 4.79 Å². The summed E-state index contributed by atoms with van der Waals surface area (Å²) in [6.07, 6.45) is 3.95. The summed E-state index contributed by atoms with van der Waals surface area (Å²) in [5, 5.41) is 0. The number of hydrogen-bond acceptors (Lipinski definition) is 3. The van der Waals surface area contributed by atoms with Gasteiger partial charge >= 0.3 is 0 Å². The second-order valence-electron chi connectivity index (χ2n) is 5.15. The van der Waals surface area contributed by atoms with Crippen molar-refractivity contribution in [2.75, 3.05) is 23.4 Å². The van der Waals surface area contributed by atoms with Gasteiger partial charge in [-0.1, -0.05) is 12.1 Å². The number of rotatable bonds is 2. The van der Waals surface area contributed by atoms with Gasteiger partial charge in [0.25, 0.3) is 5.91 Å². The maximum Gasteiger partial charge on any atom is 0.259 e. The Balaban J connectivity index is 2.00. The highest BCUT2D eigenvalue weighted by Gasteiger charge is 2.24. The van der Waals surface area contributed by atoms with Crippen LogP contribution < -0.4 is 10.6 Å². The molecular formula is C17H18N2OS. The molecule has 0 atom stereocenters. The molecule has 2 aromatic carbocycles. The molecule has 3 rings (SSSR count). The standard InChI is InChI=1S/C17H18N2OS/c1-21-16-7-3-2-6-14(16)17(20)19-10-4-5-12-11-13(18)8-9-15(12)19/h2-3,6-9,11H,4-5,10,18H2,1H3. The lowest BCUT2D eigenvalue weighted by molar-refractivity contribution is 0.0982. The first-order valence-corrected chi connectivity index (χ1v) is 8.26. The number of carbonyl (C=O) groups excluding carboxylic acids is 1. The van der Waals surface area contributed by atoms with Crippen molar-refractivity contribution in [1.29, 1.82) is 0 Å². The molecule has 1 aliphatic heterocycles. The van der Waals surface area contributed by atoms with Crippen LogP contribution in [0.2, 0.25) is 0 Å². The molecule has 1 amide bonds. The van der Waals surface area contributed by atoms with E-state index < -0.39 is 0 Å². The minimum absolute atomic E-state index is 0.0747. The number of nitrogens with zero attached hydrogens (tertiary/aromatic N) is 1. The number of fused-ring (bicyclic) bond motifs is 1. The van der Waals surface area contributed by atoms with Crippen molar-refractivity contribution in [1.82, 2.24) is 0 Å². The van der Waals surface area contributed by atoms with Gasteiger partial charge in [0.15, 0.2) is 0 Å². The van der Waals surface area contributed by atoms with E-state index >= 15 is 0 Å². The highest BCUT2D eigenvalue weighted by atomic mass is 32.2. The largest absolute Gasteiger partial charge is 0.399 e. The lowest BCUT2D eigenvalue weighted by Gasteiger charge is -2.30. The zero-order chi connectivity index (χ0) is 14.8. The zero-order valence-electron chi connectivity index (χ0n) is 12.0. The van der Waals surface area contributed by atoms with Gasteiger partial charge in [-0.2, -0.15) is 0 Å². The summed E-state index contributed by atoms with van der Waals surface area (Å²) in [4.78, 5) is 15.8.